The van der Waals surface area contributed by atoms with Gasteiger partial charge in [-0.05, 0) is 36.8 Å². The van der Waals surface area contributed by atoms with Gasteiger partial charge >= 0.3 is 0 Å². The molecule has 5 nitrogen and oxygen atoms in total. The van der Waals surface area contributed by atoms with Gasteiger partial charge in [0.25, 0.3) is 5.91 Å². The van der Waals surface area contributed by atoms with Gasteiger partial charge in [0.15, 0.2) is 0 Å². The van der Waals surface area contributed by atoms with Crippen molar-refractivity contribution in [1.82, 2.24) is 10.3 Å². The summed E-state index contributed by atoms with van der Waals surface area (Å²) in [5, 5.41) is 3.47. The standard InChI is InChI=1S/C15H22N4O/c1-3-12-11-7-17-6-10(11)8-19(12)15-13(14(16)20)9(2)4-5-18-15/h4-5,10-12,17H,3,6-8H2,1-2H3,(H2,16,20). The van der Waals surface area contributed by atoms with Gasteiger partial charge in [0.1, 0.15) is 5.82 Å². The van der Waals surface area contributed by atoms with Crippen LogP contribution in [0, 0.1) is 18.8 Å². The normalized spacial score (nSPS) is 28.7. The van der Waals surface area contributed by atoms with Crippen LogP contribution in [0.2, 0.25) is 0 Å². The number of nitrogens with two attached hydrogens (primary N) is 1. The van der Waals surface area contributed by atoms with Crippen LogP contribution in [0.1, 0.15) is 29.3 Å². The van der Waals surface area contributed by atoms with Crippen molar-refractivity contribution in [3.05, 3.63) is 23.4 Å². The maximum atomic E-state index is 11.8. The van der Waals surface area contributed by atoms with Crippen molar-refractivity contribution < 1.29 is 4.79 Å². The molecule has 0 bridgehead atoms. The molecule has 0 radical (unpaired) electrons. The summed E-state index contributed by atoms with van der Waals surface area (Å²) in [7, 11) is 0. The number of aromatic nitrogens is 1. The molecule has 3 rings (SSSR count). The Kier molecular flexibility index (Phi) is 3.38. The van der Waals surface area contributed by atoms with Gasteiger partial charge in [0.05, 0.1) is 5.56 Å². The molecule has 0 aliphatic carbocycles. The second-order valence-electron chi connectivity index (χ2n) is 5.90. The molecule has 1 amide bonds. The zero-order chi connectivity index (χ0) is 14.3. The summed E-state index contributed by atoms with van der Waals surface area (Å²) in [5.41, 5.74) is 7.06. The molecule has 1 aromatic heterocycles. The summed E-state index contributed by atoms with van der Waals surface area (Å²) >= 11 is 0. The zero-order valence-electron chi connectivity index (χ0n) is 12.1. The quantitative estimate of drug-likeness (QED) is 0.860. The minimum absolute atomic E-state index is 0.379. The van der Waals surface area contributed by atoms with Crippen LogP contribution in [-0.2, 0) is 0 Å². The summed E-state index contributed by atoms with van der Waals surface area (Å²) in [5.74, 6) is 1.71. The highest BCUT2D eigenvalue weighted by Gasteiger charge is 2.44. The minimum Gasteiger partial charge on any atom is -0.365 e. The second kappa shape index (κ2) is 5.05. The van der Waals surface area contributed by atoms with Crippen LogP contribution in [-0.4, -0.2) is 36.6 Å². The van der Waals surface area contributed by atoms with Crippen LogP contribution < -0.4 is 16.0 Å². The number of hydrogen-bond donors (Lipinski definition) is 2. The number of pyridine rings is 1. The van der Waals surface area contributed by atoms with Crippen molar-refractivity contribution in [3.8, 4) is 0 Å². The molecule has 5 heteroatoms. The van der Waals surface area contributed by atoms with Crippen LogP contribution in [0.4, 0.5) is 5.82 Å². The molecule has 3 atom stereocenters. The molecular weight excluding hydrogens is 252 g/mol. The number of aryl methyl sites for hydroxylation is 1. The highest BCUT2D eigenvalue weighted by atomic mass is 16.1. The molecule has 2 aliphatic rings. The largest absolute Gasteiger partial charge is 0.365 e. The van der Waals surface area contributed by atoms with Crippen molar-refractivity contribution in [2.24, 2.45) is 17.6 Å². The fourth-order valence-electron chi connectivity index (χ4n) is 3.86. The predicted molar refractivity (Wildman–Crippen MR) is 78.8 cm³/mol. The number of rotatable bonds is 3. The first-order valence-electron chi connectivity index (χ1n) is 7.36. The van der Waals surface area contributed by atoms with E-state index in [4.69, 9.17) is 5.73 Å². The third-order valence-electron chi connectivity index (χ3n) is 4.79. The average molecular weight is 274 g/mol. The molecule has 3 N–H and O–H groups in total. The molecule has 2 fully saturated rings. The molecule has 0 aromatic carbocycles. The lowest BCUT2D eigenvalue weighted by Gasteiger charge is -2.29. The fourth-order valence-corrected chi connectivity index (χ4v) is 3.86. The highest BCUT2D eigenvalue weighted by molar-refractivity contribution is 5.99. The Morgan fingerprint density at radius 3 is 3.05 bits per heavy atom. The van der Waals surface area contributed by atoms with E-state index in [1.807, 2.05) is 13.0 Å². The van der Waals surface area contributed by atoms with E-state index in [0.717, 1.165) is 37.4 Å². The topological polar surface area (TPSA) is 71.2 Å². The van der Waals surface area contributed by atoms with Crippen molar-refractivity contribution in [3.63, 3.8) is 0 Å². The molecule has 0 saturated carbocycles. The van der Waals surface area contributed by atoms with E-state index in [-0.39, 0.29) is 5.91 Å². The number of fused-ring (bicyclic) bond motifs is 1. The van der Waals surface area contributed by atoms with Crippen molar-refractivity contribution in [2.45, 2.75) is 26.3 Å². The van der Waals surface area contributed by atoms with E-state index in [9.17, 15) is 4.79 Å². The fraction of sp³-hybridized carbons (Fsp3) is 0.600. The Morgan fingerprint density at radius 2 is 2.35 bits per heavy atom. The van der Waals surface area contributed by atoms with E-state index in [1.54, 1.807) is 6.20 Å². The highest BCUT2D eigenvalue weighted by Crippen LogP contribution is 2.38. The lowest BCUT2D eigenvalue weighted by Crippen LogP contribution is -2.37. The number of primary amides is 1. The minimum atomic E-state index is -0.379. The number of hydrogen-bond acceptors (Lipinski definition) is 4. The van der Waals surface area contributed by atoms with Gasteiger partial charge in [0, 0.05) is 31.9 Å². The summed E-state index contributed by atoms with van der Waals surface area (Å²) in [6.45, 7) is 7.22. The Labute approximate surface area is 119 Å². The van der Waals surface area contributed by atoms with Gasteiger partial charge in [-0.25, -0.2) is 4.98 Å². The Morgan fingerprint density at radius 1 is 1.55 bits per heavy atom. The first kappa shape index (κ1) is 13.4. The molecule has 0 spiro atoms. The number of carbonyl (C=O) groups excluding carboxylic acids is 1. The van der Waals surface area contributed by atoms with Gasteiger partial charge < -0.3 is 16.0 Å². The molecule has 1 aromatic rings. The average Bonchev–Trinajstić information content (AvgIpc) is 2.97. The van der Waals surface area contributed by atoms with E-state index < -0.39 is 0 Å². The van der Waals surface area contributed by atoms with E-state index in [1.165, 1.54) is 0 Å². The number of amides is 1. The molecule has 3 unspecified atom stereocenters. The van der Waals surface area contributed by atoms with Crippen LogP contribution in [0.3, 0.4) is 0 Å². The predicted octanol–water partition coefficient (Wildman–Crippen LogP) is 0.923. The summed E-state index contributed by atoms with van der Waals surface area (Å²) in [6, 6.07) is 2.30. The maximum Gasteiger partial charge on any atom is 0.252 e. The smallest absolute Gasteiger partial charge is 0.252 e. The summed E-state index contributed by atoms with van der Waals surface area (Å²) < 4.78 is 0. The van der Waals surface area contributed by atoms with E-state index in [0.29, 0.717) is 23.4 Å². The summed E-state index contributed by atoms with van der Waals surface area (Å²) in [4.78, 5) is 18.6. The first-order valence-corrected chi connectivity index (χ1v) is 7.36. The molecular formula is C15H22N4O. The Hall–Kier alpha value is -1.62. The SMILES string of the molecule is CCC1C2CNCC2CN1c1nccc(C)c1C(N)=O. The Balaban J connectivity index is 2.01. The van der Waals surface area contributed by atoms with Crippen molar-refractivity contribution >= 4 is 11.7 Å². The van der Waals surface area contributed by atoms with E-state index in [2.05, 4.69) is 22.1 Å². The molecule has 108 valence electrons. The third kappa shape index (κ3) is 1.97. The van der Waals surface area contributed by atoms with Crippen molar-refractivity contribution in [2.75, 3.05) is 24.5 Å². The first-order chi connectivity index (χ1) is 9.63. The van der Waals surface area contributed by atoms with Crippen LogP contribution >= 0.6 is 0 Å². The molecule has 2 saturated heterocycles. The van der Waals surface area contributed by atoms with Gasteiger partial charge in [-0.15, -0.1) is 0 Å². The number of anilines is 1. The van der Waals surface area contributed by atoms with Gasteiger partial charge in [-0.1, -0.05) is 6.92 Å². The van der Waals surface area contributed by atoms with Crippen LogP contribution in [0.25, 0.3) is 0 Å². The Bertz CT molecular complexity index is 531. The van der Waals surface area contributed by atoms with Gasteiger partial charge in [0.2, 0.25) is 0 Å². The lowest BCUT2D eigenvalue weighted by atomic mass is 9.93. The van der Waals surface area contributed by atoms with E-state index >= 15 is 0 Å². The summed E-state index contributed by atoms with van der Waals surface area (Å²) in [6.07, 6.45) is 2.84. The third-order valence-corrected chi connectivity index (χ3v) is 4.79. The molecule has 3 heterocycles. The number of nitrogens with one attached hydrogen (secondary N) is 1. The number of nitrogens with zero attached hydrogens (tertiary/aromatic N) is 2. The number of carbonyl (C=O) groups is 1. The van der Waals surface area contributed by atoms with Crippen molar-refractivity contribution in [1.29, 1.82) is 0 Å². The van der Waals surface area contributed by atoms with Gasteiger partial charge in [-0.3, -0.25) is 4.79 Å². The molecule has 2 aliphatic heterocycles. The van der Waals surface area contributed by atoms with Gasteiger partial charge in [-0.2, -0.15) is 0 Å². The van der Waals surface area contributed by atoms with Crippen LogP contribution in [0.5, 0.6) is 0 Å². The maximum absolute atomic E-state index is 11.8. The van der Waals surface area contributed by atoms with Crippen LogP contribution in [0.15, 0.2) is 12.3 Å². The second-order valence-corrected chi connectivity index (χ2v) is 5.90. The molecule has 20 heavy (non-hydrogen) atoms. The zero-order valence-corrected chi connectivity index (χ0v) is 12.1. The lowest BCUT2D eigenvalue weighted by molar-refractivity contribution is 0.1000. The monoisotopic (exact) mass is 274 g/mol.